The van der Waals surface area contributed by atoms with Gasteiger partial charge in [0.05, 0.1) is 0 Å². The van der Waals surface area contributed by atoms with Crippen LogP contribution < -0.4 is 5.32 Å². The maximum Gasteiger partial charge on any atom is 0.0473 e. The minimum atomic E-state index is 0.181. The second kappa shape index (κ2) is 5.80. The molecule has 0 atom stereocenters. The molecule has 0 unspecified atom stereocenters. The molecule has 2 heteroatoms. The average molecular weight is 218 g/mol. The van der Waals surface area contributed by atoms with Crippen LogP contribution in [0.4, 0.5) is 0 Å². The van der Waals surface area contributed by atoms with E-state index in [0.29, 0.717) is 0 Å². The van der Waals surface area contributed by atoms with Gasteiger partial charge in [0.15, 0.2) is 0 Å². The zero-order valence-electron chi connectivity index (χ0n) is 10.6. The van der Waals surface area contributed by atoms with E-state index in [1.165, 1.54) is 5.56 Å². The van der Waals surface area contributed by atoms with Gasteiger partial charge in [0.2, 0.25) is 0 Å². The number of nitrogens with one attached hydrogen (secondary N) is 1. The molecule has 0 aliphatic rings. The summed E-state index contributed by atoms with van der Waals surface area (Å²) in [5.74, 6) is 0. The van der Waals surface area contributed by atoms with Gasteiger partial charge < -0.3 is 5.32 Å². The van der Waals surface area contributed by atoms with Gasteiger partial charge in [-0.15, -0.1) is 6.58 Å². The van der Waals surface area contributed by atoms with Crippen molar-refractivity contribution < 1.29 is 0 Å². The molecule has 88 valence electrons. The van der Waals surface area contributed by atoms with Crippen LogP contribution in [0.15, 0.2) is 31.0 Å². The normalized spacial score (nSPS) is 11.4. The summed E-state index contributed by atoms with van der Waals surface area (Å²) in [6, 6.07) is 4.15. The van der Waals surface area contributed by atoms with Crippen molar-refractivity contribution >= 4 is 0 Å². The van der Waals surface area contributed by atoms with E-state index in [-0.39, 0.29) is 5.54 Å². The molecule has 0 aliphatic carbocycles. The Balaban J connectivity index is 2.56. The molecule has 16 heavy (non-hydrogen) atoms. The molecule has 1 rings (SSSR count). The Hall–Kier alpha value is -1.15. The van der Waals surface area contributed by atoms with Crippen LogP contribution in [-0.2, 0) is 12.8 Å². The average Bonchev–Trinajstić information content (AvgIpc) is 2.19. The van der Waals surface area contributed by atoms with Gasteiger partial charge in [-0.2, -0.15) is 0 Å². The van der Waals surface area contributed by atoms with Crippen LogP contribution in [0.25, 0.3) is 0 Å². The van der Waals surface area contributed by atoms with E-state index < -0.39 is 0 Å². The van der Waals surface area contributed by atoms with Crippen molar-refractivity contribution in [2.75, 3.05) is 6.54 Å². The Kier molecular flexibility index (Phi) is 4.69. The summed E-state index contributed by atoms with van der Waals surface area (Å²) >= 11 is 0. The quantitative estimate of drug-likeness (QED) is 0.769. The van der Waals surface area contributed by atoms with Crippen molar-refractivity contribution in [2.24, 2.45) is 0 Å². The monoisotopic (exact) mass is 218 g/mol. The minimum Gasteiger partial charge on any atom is -0.312 e. The Morgan fingerprint density at radius 2 is 2.19 bits per heavy atom. The van der Waals surface area contributed by atoms with Crippen LogP contribution in [0, 0.1) is 0 Å². The molecule has 0 radical (unpaired) electrons. The van der Waals surface area contributed by atoms with Crippen molar-refractivity contribution in [3.63, 3.8) is 0 Å². The topological polar surface area (TPSA) is 24.9 Å². The van der Waals surface area contributed by atoms with E-state index in [9.17, 15) is 0 Å². The highest BCUT2D eigenvalue weighted by Gasteiger charge is 2.08. The predicted molar refractivity (Wildman–Crippen MR) is 69.6 cm³/mol. The molecular weight excluding hydrogens is 196 g/mol. The zero-order valence-corrected chi connectivity index (χ0v) is 10.6. The second-order valence-corrected chi connectivity index (χ2v) is 5.03. The molecule has 1 aromatic rings. The van der Waals surface area contributed by atoms with Crippen molar-refractivity contribution in [3.05, 3.63) is 42.2 Å². The summed E-state index contributed by atoms with van der Waals surface area (Å²) in [4.78, 5) is 4.38. The fourth-order valence-electron chi connectivity index (χ4n) is 1.59. The molecule has 0 amide bonds. The Morgan fingerprint density at radius 1 is 1.44 bits per heavy atom. The Labute approximate surface area is 98.8 Å². The van der Waals surface area contributed by atoms with Crippen LogP contribution in [0.2, 0.25) is 0 Å². The first kappa shape index (κ1) is 12.9. The molecule has 1 aromatic heterocycles. The highest BCUT2D eigenvalue weighted by molar-refractivity contribution is 5.22. The van der Waals surface area contributed by atoms with Crippen LogP contribution in [-0.4, -0.2) is 17.1 Å². The Bertz CT molecular complexity index is 337. The Morgan fingerprint density at radius 3 is 2.81 bits per heavy atom. The summed E-state index contributed by atoms with van der Waals surface area (Å²) in [7, 11) is 0. The van der Waals surface area contributed by atoms with Crippen LogP contribution >= 0.6 is 0 Å². The van der Waals surface area contributed by atoms with Crippen molar-refractivity contribution in [3.8, 4) is 0 Å². The first-order valence-corrected chi connectivity index (χ1v) is 5.81. The minimum absolute atomic E-state index is 0.181. The van der Waals surface area contributed by atoms with Crippen LogP contribution in [0.1, 0.15) is 32.0 Å². The van der Waals surface area contributed by atoms with Crippen molar-refractivity contribution in [1.82, 2.24) is 10.3 Å². The van der Waals surface area contributed by atoms with E-state index in [2.05, 4.69) is 43.7 Å². The number of rotatable bonds is 5. The summed E-state index contributed by atoms with van der Waals surface area (Å²) in [6.07, 6.45) is 5.63. The second-order valence-electron chi connectivity index (χ2n) is 5.03. The molecule has 0 saturated carbocycles. The third kappa shape index (κ3) is 4.58. The van der Waals surface area contributed by atoms with E-state index in [1.54, 1.807) is 0 Å². The lowest BCUT2D eigenvalue weighted by Crippen LogP contribution is -2.37. The van der Waals surface area contributed by atoms with E-state index >= 15 is 0 Å². The largest absolute Gasteiger partial charge is 0.312 e. The molecule has 0 aliphatic heterocycles. The third-order valence-corrected chi connectivity index (χ3v) is 2.37. The SMILES string of the molecule is C=CCc1ncccc1CCNC(C)(C)C. The predicted octanol–water partition coefficient (Wildman–Crippen LogP) is 2.74. The lowest BCUT2D eigenvalue weighted by atomic mass is 10.1. The molecule has 0 aromatic carbocycles. The summed E-state index contributed by atoms with van der Waals surface area (Å²) in [5.41, 5.74) is 2.65. The highest BCUT2D eigenvalue weighted by atomic mass is 14.9. The van der Waals surface area contributed by atoms with Gasteiger partial charge in [-0.1, -0.05) is 12.1 Å². The lowest BCUT2D eigenvalue weighted by Gasteiger charge is -2.20. The van der Waals surface area contributed by atoms with E-state index in [0.717, 1.165) is 25.1 Å². The van der Waals surface area contributed by atoms with E-state index in [4.69, 9.17) is 0 Å². The maximum absolute atomic E-state index is 4.38. The highest BCUT2D eigenvalue weighted by Crippen LogP contribution is 2.08. The third-order valence-electron chi connectivity index (χ3n) is 2.37. The molecule has 1 N–H and O–H groups in total. The molecular formula is C14H22N2. The van der Waals surface area contributed by atoms with Crippen molar-refractivity contribution in [1.29, 1.82) is 0 Å². The first-order valence-electron chi connectivity index (χ1n) is 5.81. The first-order chi connectivity index (χ1) is 7.53. The molecule has 2 nitrogen and oxygen atoms in total. The molecule has 1 heterocycles. The van der Waals surface area contributed by atoms with Gasteiger partial charge >= 0.3 is 0 Å². The number of hydrogen-bond donors (Lipinski definition) is 1. The fourth-order valence-corrected chi connectivity index (χ4v) is 1.59. The number of hydrogen-bond acceptors (Lipinski definition) is 2. The fraction of sp³-hybridized carbons (Fsp3) is 0.500. The number of aromatic nitrogens is 1. The van der Waals surface area contributed by atoms with Gasteiger partial charge in [0.25, 0.3) is 0 Å². The zero-order chi connectivity index (χ0) is 12.0. The van der Waals surface area contributed by atoms with Crippen LogP contribution in [0.3, 0.4) is 0 Å². The molecule has 0 spiro atoms. The standard InChI is InChI=1S/C14H22N2/c1-5-7-13-12(8-6-10-15-13)9-11-16-14(2,3)4/h5-6,8,10,16H,1,7,9,11H2,2-4H3. The van der Waals surface area contributed by atoms with Gasteiger partial charge in [0, 0.05) is 23.9 Å². The van der Waals surface area contributed by atoms with E-state index in [1.807, 2.05) is 18.3 Å². The van der Waals surface area contributed by atoms with Gasteiger partial charge in [-0.25, -0.2) is 0 Å². The molecule has 0 saturated heterocycles. The summed E-state index contributed by atoms with van der Waals surface area (Å²) in [6.45, 7) is 11.3. The van der Waals surface area contributed by atoms with Crippen LogP contribution in [0.5, 0.6) is 0 Å². The number of nitrogens with zero attached hydrogens (tertiary/aromatic N) is 1. The smallest absolute Gasteiger partial charge is 0.0473 e. The summed E-state index contributed by atoms with van der Waals surface area (Å²) < 4.78 is 0. The lowest BCUT2D eigenvalue weighted by molar-refractivity contribution is 0.429. The van der Waals surface area contributed by atoms with Gasteiger partial charge in [-0.3, -0.25) is 4.98 Å². The van der Waals surface area contributed by atoms with Gasteiger partial charge in [-0.05, 0) is 45.4 Å². The van der Waals surface area contributed by atoms with Gasteiger partial charge in [0.1, 0.15) is 0 Å². The number of allylic oxidation sites excluding steroid dienone is 1. The molecule has 0 fully saturated rings. The van der Waals surface area contributed by atoms with Crippen molar-refractivity contribution in [2.45, 2.75) is 39.2 Å². The summed E-state index contributed by atoms with van der Waals surface area (Å²) in [5, 5.41) is 3.49. The maximum atomic E-state index is 4.38. The molecule has 0 bridgehead atoms. The number of pyridine rings is 1.